The van der Waals surface area contributed by atoms with Gasteiger partial charge in [-0.1, -0.05) is 43.5 Å². The van der Waals surface area contributed by atoms with E-state index in [-0.39, 0.29) is 0 Å². The van der Waals surface area contributed by atoms with E-state index in [4.69, 9.17) is 21.1 Å². The summed E-state index contributed by atoms with van der Waals surface area (Å²) in [5.41, 5.74) is 1.10. The Bertz CT molecular complexity index is 358. The van der Waals surface area contributed by atoms with Crippen molar-refractivity contribution in [2.75, 3.05) is 26.9 Å². The van der Waals surface area contributed by atoms with Gasteiger partial charge in [0.25, 0.3) is 0 Å². The molecular formula is C15H24ClNO2. The number of hydrogen-bond acceptors (Lipinski definition) is 3. The van der Waals surface area contributed by atoms with E-state index < -0.39 is 0 Å². The third kappa shape index (κ3) is 6.28. The number of hydrogen-bond donors (Lipinski definition) is 1. The predicted octanol–water partition coefficient (Wildman–Crippen LogP) is 3.65. The van der Waals surface area contributed by atoms with Crippen LogP contribution in [0.1, 0.15) is 31.7 Å². The first-order chi connectivity index (χ1) is 9.29. The van der Waals surface area contributed by atoms with Crippen LogP contribution in [0, 0.1) is 0 Å². The highest BCUT2D eigenvalue weighted by Crippen LogP contribution is 2.28. The smallest absolute Gasteiger partial charge is 0.142 e. The number of unbranched alkanes of at least 4 members (excludes halogenated alkanes) is 2. The third-order valence-electron chi connectivity index (χ3n) is 2.84. The zero-order chi connectivity index (χ0) is 13.9. The number of methoxy groups -OCH3 is 1. The molecule has 0 unspecified atom stereocenters. The van der Waals surface area contributed by atoms with Crippen LogP contribution in [-0.2, 0) is 11.3 Å². The van der Waals surface area contributed by atoms with E-state index in [0.717, 1.165) is 37.4 Å². The van der Waals surface area contributed by atoms with Gasteiger partial charge in [0.2, 0.25) is 0 Å². The molecular weight excluding hydrogens is 262 g/mol. The standard InChI is InChI=1S/C15H24ClNO2/c1-3-4-5-10-19-15-13(7-6-8-14(15)16)12-17-9-11-18-2/h6-8,17H,3-5,9-12H2,1-2H3. The molecule has 1 N–H and O–H groups in total. The van der Waals surface area contributed by atoms with Gasteiger partial charge in [0.05, 0.1) is 18.2 Å². The first-order valence-electron chi connectivity index (χ1n) is 6.89. The van der Waals surface area contributed by atoms with Gasteiger partial charge in [-0.05, 0) is 12.5 Å². The lowest BCUT2D eigenvalue weighted by atomic mass is 10.2. The van der Waals surface area contributed by atoms with Crippen molar-refractivity contribution in [3.63, 3.8) is 0 Å². The van der Waals surface area contributed by atoms with E-state index >= 15 is 0 Å². The Hall–Kier alpha value is -0.770. The van der Waals surface area contributed by atoms with Gasteiger partial charge >= 0.3 is 0 Å². The maximum absolute atomic E-state index is 6.20. The molecule has 0 amide bonds. The quantitative estimate of drug-likeness (QED) is 0.666. The predicted molar refractivity (Wildman–Crippen MR) is 80.1 cm³/mol. The van der Waals surface area contributed by atoms with Crippen LogP contribution in [0.3, 0.4) is 0 Å². The summed E-state index contributed by atoms with van der Waals surface area (Å²) >= 11 is 6.20. The summed E-state index contributed by atoms with van der Waals surface area (Å²) in [6.07, 6.45) is 3.45. The van der Waals surface area contributed by atoms with Gasteiger partial charge in [-0.3, -0.25) is 0 Å². The van der Waals surface area contributed by atoms with Crippen LogP contribution in [0.25, 0.3) is 0 Å². The molecule has 1 aromatic rings. The number of ether oxygens (including phenoxy) is 2. The molecule has 0 aliphatic rings. The summed E-state index contributed by atoms with van der Waals surface area (Å²) < 4.78 is 10.8. The summed E-state index contributed by atoms with van der Waals surface area (Å²) in [5.74, 6) is 0.810. The number of para-hydroxylation sites is 1. The highest BCUT2D eigenvalue weighted by molar-refractivity contribution is 6.32. The Kier molecular flexibility index (Phi) is 8.63. The molecule has 0 bridgehead atoms. The second-order valence-electron chi connectivity index (χ2n) is 4.45. The van der Waals surface area contributed by atoms with E-state index in [1.165, 1.54) is 12.8 Å². The maximum atomic E-state index is 6.20. The molecule has 1 aromatic carbocycles. The van der Waals surface area contributed by atoms with Crippen molar-refractivity contribution in [1.82, 2.24) is 5.32 Å². The summed E-state index contributed by atoms with van der Waals surface area (Å²) in [7, 11) is 1.70. The van der Waals surface area contributed by atoms with Gasteiger partial charge in [-0.2, -0.15) is 0 Å². The van der Waals surface area contributed by atoms with Crippen molar-refractivity contribution in [3.8, 4) is 5.75 Å². The van der Waals surface area contributed by atoms with Crippen LogP contribution >= 0.6 is 11.6 Å². The minimum absolute atomic E-state index is 0.683. The van der Waals surface area contributed by atoms with Crippen molar-refractivity contribution in [2.24, 2.45) is 0 Å². The molecule has 0 spiro atoms. The molecule has 0 fully saturated rings. The molecule has 0 aliphatic carbocycles. The fourth-order valence-corrected chi connectivity index (χ4v) is 2.03. The van der Waals surface area contributed by atoms with Gasteiger partial charge in [0.15, 0.2) is 0 Å². The molecule has 3 nitrogen and oxygen atoms in total. The fraction of sp³-hybridized carbons (Fsp3) is 0.600. The van der Waals surface area contributed by atoms with E-state index in [2.05, 4.69) is 12.2 Å². The summed E-state index contributed by atoms with van der Waals surface area (Å²) in [4.78, 5) is 0. The largest absolute Gasteiger partial charge is 0.492 e. The molecule has 4 heteroatoms. The second-order valence-corrected chi connectivity index (χ2v) is 4.86. The Balaban J connectivity index is 2.51. The lowest BCUT2D eigenvalue weighted by Crippen LogP contribution is -2.19. The van der Waals surface area contributed by atoms with E-state index in [9.17, 15) is 0 Å². The molecule has 0 aromatic heterocycles. The Morgan fingerprint density at radius 2 is 2.05 bits per heavy atom. The molecule has 0 radical (unpaired) electrons. The maximum Gasteiger partial charge on any atom is 0.142 e. The van der Waals surface area contributed by atoms with Crippen LogP contribution in [0.4, 0.5) is 0 Å². The molecule has 108 valence electrons. The lowest BCUT2D eigenvalue weighted by Gasteiger charge is -2.13. The van der Waals surface area contributed by atoms with E-state index in [1.807, 2.05) is 18.2 Å². The molecule has 0 aliphatic heterocycles. The van der Waals surface area contributed by atoms with Crippen molar-refractivity contribution >= 4 is 11.6 Å². The highest BCUT2D eigenvalue weighted by atomic mass is 35.5. The number of halogens is 1. The first kappa shape index (κ1) is 16.3. The second kappa shape index (κ2) is 10.1. The van der Waals surface area contributed by atoms with Gasteiger partial charge in [-0.15, -0.1) is 0 Å². The van der Waals surface area contributed by atoms with Crippen LogP contribution in [0.15, 0.2) is 18.2 Å². The highest BCUT2D eigenvalue weighted by Gasteiger charge is 2.07. The summed E-state index contributed by atoms with van der Waals surface area (Å²) in [6, 6.07) is 5.87. The van der Waals surface area contributed by atoms with Gasteiger partial charge in [0.1, 0.15) is 5.75 Å². The van der Waals surface area contributed by atoms with E-state index in [1.54, 1.807) is 7.11 Å². The van der Waals surface area contributed by atoms with Gasteiger partial charge < -0.3 is 14.8 Å². The molecule has 0 heterocycles. The van der Waals surface area contributed by atoms with Crippen molar-refractivity contribution in [2.45, 2.75) is 32.7 Å². The third-order valence-corrected chi connectivity index (χ3v) is 3.14. The summed E-state index contributed by atoms with van der Waals surface area (Å²) in [6.45, 7) is 5.17. The zero-order valence-electron chi connectivity index (χ0n) is 11.9. The normalized spacial score (nSPS) is 10.7. The van der Waals surface area contributed by atoms with Crippen LogP contribution in [-0.4, -0.2) is 26.9 Å². The van der Waals surface area contributed by atoms with Crippen molar-refractivity contribution in [3.05, 3.63) is 28.8 Å². The van der Waals surface area contributed by atoms with Gasteiger partial charge in [0, 0.05) is 25.8 Å². The number of rotatable bonds is 10. The monoisotopic (exact) mass is 285 g/mol. The molecule has 19 heavy (non-hydrogen) atoms. The molecule has 0 saturated carbocycles. The van der Waals surface area contributed by atoms with Crippen LogP contribution < -0.4 is 10.1 Å². The van der Waals surface area contributed by atoms with Crippen LogP contribution in [0.5, 0.6) is 5.75 Å². The minimum atomic E-state index is 0.683. The van der Waals surface area contributed by atoms with Gasteiger partial charge in [-0.25, -0.2) is 0 Å². The first-order valence-corrected chi connectivity index (χ1v) is 7.27. The average Bonchev–Trinajstić information content (AvgIpc) is 2.42. The molecule has 1 rings (SSSR count). The average molecular weight is 286 g/mol. The summed E-state index contributed by atoms with van der Waals surface area (Å²) in [5, 5.41) is 3.99. The van der Waals surface area contributed by atoms with Crippen molar-refractivity contribution in [1.29, 1.82) is 0 Å². The minimum Gasteiger partial charge on any atom is -0.492 e. The number of nitrogens with one attached hydrogen (secondary N) is 1. The Morgan fingerprint density at radius 1 is 1.21 bits per heavy atom. The van der Waals surface area contributed by atoms with Crippen molar-refractivity contribution < 1.29 is 9.47 Å². The Labute approximate surface area is 121 Å². The van der Waals surface area contributed by atoms with E-state index in [0.29, 0.717) is 11.6 Å². The lowest BCUT2D eigenvalue weighted by molar-refractivity contribution is 0.199. The Morgan fingerprint density at radius 3 is 2.79 bits per heavy atom. The fourth-order valence-electron chi connectivity index (χ4n) is 1.78. The number of benzene rings is 1. The van der Waals surface area contributed by atoms with Crippen LogP contribution in [0.2, 0.25) is 5.02 Å². The SMILES string of the molecule is CCCCCOc1c(Cl)cccc1CNCCOC. The molecule has 0 atom stereocenters. The zero-order valence-corrected chi connectivity index (χ0v) is 12.6. The topological polar surface area (TPSA) is 30.5 Å². The molecule has 0 saturated heterocycles.